The lowest BCUT2D eigenvalue weighted by atomic mass is 10.0. The van der Waals surface area contributed by atoms with Crippen LogP contribution in [0.4, 0.5) is 0 Å². The van der Waals surface area contributed by atoms with Crippen molar-refractivity contribution in [1.29, 1.82) is 0 Å². The summed E-state index contributed by atoms with van der Waals surface area (Å²) in [5.41, 5.74) is 11.2. The number of rotatable bonds is 10. The van der Waals surface area contributed by atoms with Crippen molar-refractivity contribution in [1.82, 2.24) is 10.3 Å². The Morgan fingerprint density at radius 3 is 2.79 bits per heavy atom. The fraction of sp³-hybridized carbons (Fsp3) is 0.368. The smallest absolute Gasteiger partial charge is 0.326 e. The maximum atomic E-state index is 12.5. The summed E-state index contributed by atoms with van der Waals surface area (Å²) in [6.45, 7) is 1.98. The number of ether oxygens (including phenoxy) is 1. The molecule has 1 amide bonds. The second kappa shape index (κ2) is 9.59. The van der Waals surface area contributed by atoms with Gasteiger partial charge in [0.15, 0.2) is 0 Å². The van der Waals surface area contributed by atoms with E-state index in [1.54, 1.807) is 6.20 Å². The number of fused-ring (bicyclic) bond motifs is 1. The van der Waals surface area contributed by atoms with Gasteiger partial charge in [0.1, 0.15) is 12.1 Å². The van der Waals surface area contributed by atoms with Crippen LogP contribution in [0, 0.1) is 6.92 Å². The number of ketones is 1. The van der Waals surface area contributed by atoms with E-state index in [9.17, 15) is 19.5 Å². The quantitative estimate of drug-likeness (QED) is 0.320. The number of carboxylic acid groups (broad SMARTS) is 1. The van der Waals surface area contributed by atoms with Crippen LogP contribution >= 0.6 is 0 Å². The first-order valence-corrected chi connectivity index (χ1v) is 8.68. The first-order valence-electron chi connectivity index (χ1n) is 8.68. The second-order valence-electron chi connectivity index (χ2n) is 6.44. The zero-order chi connectivity index (χ0) is 20.7. The number of H-pyrrole nitrogens is 1. The van der Waals surface area contributed by atoms with E-state index in [0.717, 1.165) is 22.0 Å². The summed E-state index contributed by atoms with van der Waals surface area (Å²) in [6, 6.07) is 4.66. The highest BCUT2D eigenvalue weighted by atomic mass is 16.5. The van der Waals surface area contributed by atoms with Crippen molar-refractivity contribution in [3.8, 4) is 0 Å². The number of nitrogens with zero attached hydrogens (tertiary/aromatic N) is 2. The molecule has 1 aromatic heterocycles. The molecular weight excluding hydrogens is 364 g/mol. The molecule has 0 bridgehead atoms. The lowest BCUT2D eigenvalue weighted by molar-refractivity contribution is -0.144. The van der Waals surface area contributed by atoms with Crippen LogP contribution in [0.1, 0.15) is 24.0 Å². The van der Waals surface area contributed by atoms with Crippen LogP contribution in [0.2, 0.25) is 0 Å². The zero-order valence-electron chi connectivity index (χ0n) is 15.6. The molecule has 0 saturated carbocycles. The molecule has 0 spiro atoms. The number of aromatic amines is 1. The van der Waals surface area contributed by atoms with Crippen molar-refractivity contribution in [2.24, 2.45) is 0 Å². The van der Waals surface area contributed by atoms with Gasteiger partial charge in [-0.15, -0.1) is 0 Å². The minimum atomic E-state index is -1.26. The van der Waals surface area contributed by atoms with Crippen LogP contribution < -0.4 is 5.32 Å². The van der Waals surface area contributed by atoms with E-state index in [1.807, 2.05) is 25.1 Å². The Labute approximate surface area is 161 Å². The third-order valence-corrected chi connectivity index (χ3v) is 4.40. The predicted molar refractivity (Wildman–Crippen MR) is 101 cm³/mol. The van der Waals surface area contributed by atoms with Crippen molar-refractivity contribution >= 4 is 34.8 Å². The molecule has 0 radical (unpaired) electrons. The number of methoxy groups -OCH3 is 1. The highest BCUT2D eigenvalue weighted by Crippen LogP contribution is 2.21. The fourth-order valence-corrected chi connectivity index (χ4v) is 2.89. The van der Waals surface area contributed by atoms with Crippen molar-refractivity contribution in [3.05, 3.63) is 41.1 Å². The number of carbonyl (C=O) groups excluding carboxylic acids is 2. The molecule has 9 nitrogen and oxygen atoms in total. The highest BCUT2D eigenvalue weighted by molar-refractivity contribution is 6.25. The van der Waals surface area contributed by atoms with E-state index in [4.69, 9.17) is 10.3 Å². The Morgan fingerprint density at radius 2 is 2.14 bits per heavy atom. The van der Waals surface area contributed by atoms with Gasteiger partial charge in [0, 0.05) is 37.1 Å². The molecule has 0 aliphatic carbocycles. The van der Waals surface area contributed by atoms with Gasteiger partial charge >= 0.3 is 12.2 Å². The molecule has 1 aromatic carbocycles. The maximum absolute atomic E-state index is 12.5. The van der Waals surface area contributed by atoms with Crippen LogP contribution in [0.5, 0.6) is 0 Å². The Bertz CT molecular complexity index is 930. The fourth-order valence-electron chi connectivity index (χ4n) is 2.89. The summed E-state index contributed by atoms with van der Waals surface area (Å²) in [7, 11) is 1.38. The maximum Gasteiger partial charge on any atom is 0.326 e. The van der Waals surface area contributed by atoms with Crippen molar-refractivity contribution in [2.75, 3.05) is 7.11 Å². The highest BCUT2D eigenvalue weighted by Gasteiger charge is 2.26. The van der Waals surface area contributed by atoms with Crippen LogP contribution in [0.3, 0.4) is 0 Å². The number of aryl methyl sites for hydroxylation is 1. The summed E-state index contributed by atoms with van der Waals surface area (Å²) in [5.74, 6) is -2.39. The standard InChI is InChI=1S/C19H22N4O5/c1-11-3-5-14-12(9-21-16(14)7-11)8-17(28-2)18(25)23-15(19(26)27)6-4-13(24)10-22-20/h3,5,7,9-10,15,17,21H,4,6,8H2,1-2H3,(H,23,25)(H,26,27). The number of hydrogen-bond acceptors (Lipinski definition) is 4. The number of nitrogens with one attached hydrogen (secondary N) is 2. The van der Waals surface area contributed by atoms with E-state index in [0.29, 0.717) is 6.21 Å². The number of hydrogen-bond donors (Lipinski definition) is 3. The van der Waals surface area contributed by atoms with Crippen molar-refractivity contribution in [3.63, 3.8) is 0 Å². The number of aromatic nitrogens is 1. The predicted octanol–water partition coefficient (Wildman–Crippen LogP) is 1.25. The second-order valence-corrected chi connectivity index (χ2v) is 6.44. The largest absolute Gasteiger partial charge is 0.480 e. The molecule has 148 valence electrons. The van der Waals surface area contributed by atoms with E-state index >= 15 is 0 Å². The Morgan fingerprint density at radius 1 is 1.39 bits per heavy atom. The molecule has 9 heteroatoms. The monoisotopic (exact) mass is 386 g/mol. The number of carbonyl (C=O) groups is 3. The topological polar surface area (TPSA) is 145 Å². The molecule has 3 N–H and O–H groups in total. The van der Waals surface area contributed by atoms with Gasteiger partial charge in [-0.05, 0) is 30.5 Å². The van der Waals surface area contributed by atoms with Crippen LogP contribution in [-0.4, -0.2) is 58.0 Å². The lowest BCUT2D eigenvalue weighted by Gasteiger charge is -2.19. The molecule has 0 aliphatic heterocycles. The van der Waals surface area contributed by atoms with Gasteiger partial charge < -0.3 is 25.7 Å². The minimum Gasteiger partial charge on any atom is -0.480 e. The summed E-state index contributed by atoms with van der Waals surface area (Å²) < 4.78 is 5.26. The molecule has 2 rings (SSSR count). The first-order chi connectivity index (χ1) is 13.3. The number of benzene rings is 1. The normalized spacial score (nSPS) is 12.8. The lowest BCUT2D eigenvalue weighted by Crippen LogP contribution is -2.46. The Hall–Kier alpha value is -3.29. The van der Waals surface area contributed by atoms with Gasteiger partial charge in [0.2, 0.25) is 11.7 Å². The molecule has 2 unspecified atom stereocenters. The van der Waals surface area contributed by atoms with Crippen LogP contribution in [0.15, 0.2) is 24.4 Å². The number of amides is 1. The summed E-state index contributed by atoms with van der Waals surface area (Å²) in [4.78, 5) is 41.0. The molecule has 2 aromatic rings. The Kier molecular flexibility index (Phi) is 7.20. The average Bonchev–Trinajstić information content (AvgIpc) is 3.04. The molecule has 0 fully saturated rings. The van der Waals surface area contributed by atoms with E-state index in [1.165, 1.54) is 7.11 Å². The minimum absolute atomic E-state index is 0.130. The molecule has 28 heavy (non-hydrogen) atoms. The average molecular weight is 386 g/mol. The van der Waals surface area contributed by atoms with Gasteiger partial charge in [0.25, 0.3) is 0 Å². The Balaban J connectivity index is 2.07. The molecule has 1 heterocycles. The van der Waals surface area contributed by atoms with Gasteiger partial charge in [-0.3, -0.25) is 9.59 Å². The molecule has 0 saturated heterocycles. The molecule has 0 aliphatic rings. The van der Waals surface area contributed by atoms with Gasteiger partial charge in [-0.1, -0.05) is 12.1 Å². The van der Waals surface area contributed by atoms with Gasteiger partial charge in [0.05, 0.1) is 0 Å². The van der Waals surface area contributed by atoms with Crippen molar-refractivity contribution < 1.29 is 29.0 Å². The zero-order valence-corrected chi connectivity index (χ0v) is 15.6. The van der Waals surface area contributed by atoms with E-state index in [2.05, 4.69) is 15.1 Å². The van der Waals surface area contributed by atoms with Gasteiger partial charge in [-0.2, -0.15) is 4.79 Å². The summed E-state index contributed by atoms with van der Waals surface area (Å²) in [6.07, 6.45) is 1.54. The number of Topliss-reactive ketones (excluding diaryl/α,β-unsaturated/α-hetero) is 1. The number of carboxylic acids is 1. The van der Waals surface area contributed by atoms with Crippen LogP contribution in [-0.2, 0) is 25.5 Å². The summed E-state index contributed by atoms with van der Waals surface area (Å²) >= 11 is 0. The van der Waals surface area contributed by atoms with E-state index < -0.39 is 29.8 Å². The number of aliphatic carboxylic acids is 1. The molecule has 2 atom stereocenters. The third kappa shape index (κ3) is 5.35. The SMILES string of the molecule is COC(Cc1c[nH]c2cc(C)ccc12)C(=O)NC(CCC(=O)C=[N+]=[N-])C(=O)O. The van der Waals surface area contributed by atoms with Crippen LogP contribution in [0.25, 0.3) is 16.4 Å². The summed E-state index contributed by atoms with van der Waals surface area (Å²) in [5, 5.41) is 12.7. The van der Waals surface area contributed by atoms with Gasteiger partial charge in [-0.25, -0.2) is 4.79 Å². The third-order valence-electron chi connectivity index (χ3n) is 4.40. The van der Waals surface area contributed by atoms with Crippen molar-refractivity contribution in [2.45, 2.75) is 38.3 Å². The first kappa shape index (κ1) is 21.0. The molecular formula is C19H22N4O5. The van der Waals surface area contributed by atoms with E-state index in [-0.39, 0.29) is 19.3 Å².